The lowest BCUT2D eigenvalue weighted by Gasteiger charge is -2.27. The summed E-state index contributed by atoms with van der Waals surface area (Å²) in [5, 5.41) is -0.212. The molecule has 2 atom stereocenters. The second-order valence-electron chi connectivity index (χ2n) is 4.87. The van der Waals surface area contributed by atoms with Gasteiger partial charge in [0.15, 0.2) is 0 Å². The topological polar surface area (TPSA) is 27.7 Å². The van der Waals surface area contributed by atoms with Crippen LogP contribution in [0.4, 0.5) is 0 Å². The maximum atomic E-state index is 6.45. The van der Waals surface area contributed by atoms with Gasteiger partial charge >= 0.3 is 0 Å². The molecule has 3 rings (SSSR count). The fraction of sp³-hybridized carbons (Fsp3) is 0.294. The Labute approximate surface area is 129 Å². The number of hydrogen-bond donors (Lipinski definition) is 0. The Hall–Kier alpha value is -1.55. The lowest BCUT2D eigenvalue weighted by atomic mass is 10.1. The van der Waals surface area contributed by atoms with Crippen LogP contribution in [0.1, 0.15) is 10.9 Å². The first-order valence-electron chi connectivity index (χ1n) is 6.99. The van der Waals surface area contributed by atoms with Gasteiger partial charge in [-0.3, -0.25) is 0 Å². The van der Waals surface area contributed by atoms with Gasteiger partial charge in [-0.2, -0.15) is 0 Å². The van der Waals surface area contributed by atoms with Crippen molar-refractivity contribution >= 4 is 11.6 Å². The monoisotopic (exact) mass is 304 g/mol. The van der Waals surface area contributed by atoms with Crippen molar-refractivity contribution in [1.82, 2.24) is 0 Å². The zero-order valence-electron chi connectivity index (χ0n) is 11.6. The molecule has 21 heavy (non-hydrogen) atoms. The second-order valence-corrected chi connectivity index (χ2v) is 5.34. The molecule has 2 aromatic rings. The smallest absolute Gasteiger partial charge is 0.127 e. The van der Waals surface area contributed by atoms with E-state index >= 15 is 0 Å². The number of halogens is 1. The highest BCUT2D eigenvalue weighted by atomic mass is 35.5. The second kappa shape index (κ2) is 6.94. The average molecular weight is 305 g/mol. The molecule has 3 nitrogen and oxygen atoms in total. The lowest BCUT2D eigenvalue weighted by molar-refractivity contribution is -0.0892. The number of hydrogen-bond acceptors (Lipinski definition) is 3. The summed E-state index contributed by atoms with van der Waals surface area (Å²) in [6.45, 7) is 1.78. The first kappa shape index (κ1) is 14.4. The van der Waals surface area contributed by atoms with Crippen LogP contribution in [0.3, 0.4) is 0 Å². The molecule has 0 saturated carbocycles. The third-order valence-electron chi connectivity index (χ3n) is 3.35. The minimum atomic E-state index is -0.212. The van der Waals surface area contributed by atoms with E-state index in [0.29, 0.717) is 19.8 Å². The predicted molar refractivity (Wildman–Crippen MR) is 82.1 cm³/mol. The fourth-order valence-corrected chi connectivity index (χ4v) is 2.52. The quantitative estimate of drug-likeness (QED) is 0.793. The van der Waals surface area contributed by atoms with Crippen LogP contribution in [-0.2, 0) is 9.47 Å². The van der Waals surface area contributed by atoms with E-state index in [9.17, 15) is 0 Å². The first-order valence-corrected chi connectivity index (χ1v) is 7.43. The van der Waals surface area contributed by atoms with Crippen molar-refractivity contribution < 1.29 is 14.2 Å². The molecular weight excluding hydrogens is 288 g/mol. The van der Waals surface area contributed by atoms with Crippen LogP contribution in [0.25, 0.3) is 0 Å². The standard InChI is InChI=1S/C17H17ClO3/c18-17(16-12-19-10-11-20-16)13-6-8-15(9-7-13)21-14-4-2-1-3-5-14/h1-9,16-17H,10-12H2. The maximum absolute atomic E-state index is 6.45. The van der Waals surface area contributed by atoms with E-state index in [1.807, 2.05) is 54.6 Å². The van der Waals surface area contributed by atoms with E-state index in [1.165, 1.54) is 0 Å². The van der Waals surface area contributed by atoms with E-state index in [2.05, 4.69) is 0 Å². The summed E-state index contributed by atoms with van der Waals surface area (Å²) in [5.41, 5.74) is 1.01. The summed E-state index contributed by atoms with van der Waals surface area (Å²) in [5.74, 6) is 1.60. The zero-order chi connectivity index (χ0) is 14.5. The van der Waals surface area contributed by atoms with E-state index in [0.717, 1.165) is 17.1 Å². The summed E-state index contributed by atoms with van der Waals surface area (Å²) in [6.07, 6.45) is -0.0960. The number of alkyl halides is 1. The summed E-state index contributed by atoms with van der Waals surface area (Å²) in [7, 11) is 0. The van der Waals surface area contributed by atoms with Gasteiger partial charge in [0.2, 0.25) is 0 Å². The molecule has 0 radical (unpaired) electrons. The highest BCUT2D eigenvalue weighted by Crippen LogP contribution is 2.30. The van der Waals surface area contributed by atoms with Crippen molar-refractivity contribution in [3.8, 4) is 11.5 Å². The SMILES string of the molecule is ClC(c1ccc(Oc2ccccc2)cc1)C1COCCO1. The molecular formula is C17H17ClO3. The lowest BCUT2D eigenvalue weighted by Crippen LogP contribution is -2.31. The van der Waals surface area contributed by atoms with Crippen molar-refractivity contribution in [2.45, 2.75) is 11.5 Å². The van der Waals surface area contributed by atoms with E-state index in [1.54, 1.807) is 0 Å². The highest BCUT2D eigenvalue weighted by molar-refractivity contribution is 6.21. The maximum Gasteiger partial charge on any atom is 0.127 e. The Balaban J connectivity index is 1.66. The Morgan fingerprint density at radius 1 is 0.952 bits per heavy atom. The van der Waals surface area contributed by atoms with Gasteiger partial charge in [0.1, 0.15) is 17.6 Å². The molecule has 0 aliphatic carbocycles. The van der Waals surface area contributed by atoms with Gasteiger partial charge in [0.25, 0.3) is 0 Å². The molecule has 1 heterocycles. The molecule has 0 bridgehead atoms. The number of rotatable bonds is 4. The zero-order valence-corrected chi connectivity index (χ0v) is 12.3. The molecule has 0 spiro atoms. The molecule has 0 amide bonds. The van der Waals surface area contributed by atoms with Gasteiger partial charge in [-0.05, 0) is 29.8 Å². The number of benzene rings is 2. The number of ether oxygens (including phenoxy) is 3. The predicted octanol–water partition coefficient (Wildman–Crippen LogP) is 4.17. The summed E-state index contributed by atoms with van der Waals surface area (Å²) < 4.78 is 16.8. The Morgan fingerprint density at radius 3 is 2.33 bits per heavy atom. The Morgan fingerprint density at radius 2 is 1.67 bits per heavy atom. The van der Waals surface area contributed by atoms with Gasteiger partial charge in [-0.15, -0.1) is 11.6 Å². The van der Waals surface area contributed by atoms with Gasteiger partial charge in [0.05, 0.1) is 25.2 Å². The van der Waals surface area contributed by atoms with Crippen LogP contribution in [0.15, 0.2) is 54.6 Å². The molecule has 110 valence electrons. The molecule has 1 saturated heterocycles. The van der Waals surface area contributed by atoms with E-state index < -0.39 is 0 Å². The molecule has 4 heteroatoms. The highest BCUT2D eigenvalue weighted by Gasteiger charge is 2.24. The van der Waals surface area contributed by atoms with Gasteiger partial charge in [0, 0.05) is 0 Å². The fourth-order valence-electron chi connectivity index (χ4n) is 2.23. The average Bonchev–Trinajstić information content (AvgIpc) is 2.57. The minimum Gasteiger partial charge on any atom is -0.457 e. The van der Waals surface area contributed by atoms with Crippen LogP contribution in [0.5, 0.6) is 11.5 Å². The van der Waals surface area contributed by atoms with Crippen LogP contribution >= 0.6 is 11.6 Å². The van der Waals surface area contributed by atoms with Crippen LogP contribution in [-0.4, -0.2) is 25.9 Å². The summed E-state index contributed by atoms with van der Waals surface area (Å²) in [4.78, 5) is 0. The first-order chi connectivity index (χ1) is 10.3. The number of para-hydroxylation sites is 1. The van der Waals surface area contributed by atoms with Crippen molar-refractivity contribution in [1.29, 1.82) is 0 Å². The van der Waals surface area contributed by atoms with Crippen molar-refractivity contribution in [2.24, 2.45) is 0 Å². The van der Waals surface area contributed by atoms with Crippen molar-refractivity contribution in [2.75, 3.05) is 19.8 Å². The molecule has 1 fully saturated rings. The van der Waals surface area contributed by atoms with E-state index in [-0.39, 0.29) is 11.5 Å². The molecule has 1 aliphatic heterocycles. The van der Waals surface area contributed by atoms with Crippen LogP contribution in [0, 0.1) is 0 Å². The van der Waals surface area contributed by atoms with Crippen molar-refractivity contribution in [3.05, 3.63) is 60.2 Å². The van der Waals surface area contributed by atoms with Crippen LogP contribution < -0.4 is 4.74 Å². The normalized spacial score (nSPS) is 20.0. The third kappa shape index (κ3) is 3.76. The van der Waals surface area contributed by atoms with Gasteiger partial charge in [-0.1, -0.05) is 30.3 Å². The summed E-state index contributed by atoms with van der Waals surface area (Å²) >= 11 is 6.45. The molecule has 0 N–H and O–H groups in total. The van der Waals surface area contributed by atoms with Crippen molar-refractivity contribution in [3.63, 3.8) is 0 Å². The van der Waals surface area contributed by atoms with Gasteiger partial charge < -0.3 is 14.2 Å². The summed E-state index contributed by atoms with van der Waals surface area (Å²) in [6, 6.07) is 17.5. The Kier molecular flexibility index (Phi) is 4.76. The van der Waals surface area contributed by atoms with E-state index in [4.69, 9.17) is 25.8 Å². The molecule has 2 unspecified atom stereocenters. The molecule has 2 aromatic carbocycles. The molecule has 1 aliphatic rings. The largest absolute Gasteiger partial charge is 0.457 e. The van der Waals surface area contributed by atoms with Crippen LogP contribution in [0.2, 0.25) is 0 Å². The third-order valence-corrected chi connectivity index (χ3v) is 3.88. The minimum absolute atomic E-state index is 0.0960. The molecule has 0 aromatic heterocycles. The van der Waals surface area contributed by atoms with Gasteiger partial charge in [-0.25, -0.2) is 0 Å². The Bertz CT molecular complexity index is 550.